The highest BCUT2D eigenvalue weighted by molar-refractivity contribution is 5.95. The standard InChI is InChI=1S/C24H28N4O/c1-16-7-5-8-19(11-16)13-20-12-17(2)25-22(14-20)23-9-6-10-28(23)24(29)21-15-27(4)26-18(21)3/h5,7-8,11-12,14-15,23H,6,9-10,13H2,1-4H3/t23-/m0/s1. The van der Waals surface area contributed by atoms with Gasteiger partial charge >= 0.3 is 0 Å². The van der Waals surface area contributed by atoms with Crippen LogP contribution in [-0.4, -0.2) is 32.1 Å². The lowest BCUT2D eigenvalue weighted by atomic mass is 10.0. The lowest BCUT2D eigenvalue weighted by Gasteiger charge is -2.25. The Bertz CT molecular complexity index is 1050. The molecule has 0 radical (unpaired) electrons. The maximum Gasteiger partial charge on any atom is 0.257 e. The maximum atomic E-state index is 13.2. The van der Waals surface area contributed by atoms with Gasteiger partial charge in [0.2, 0.25) is 0 Å². The Labute approximate surface area is 172 Å². The molecule has 1 aromatic carbocycles. The van der Waals surface area contributed by atoms with Crippen molar-refractivity contribution >= 4 is 5.91 Å². The van der Waals surface area contributed by atoms with Crippen LogP contribution in [0, 0.1) is 20.8 Å². The molecule has 3 heterocycles. The van der Waals surface area contributed by atoms with Crippen LogP contribution in [0.15, 0.2) is 42.6 Å². The van der Waals surface area contributed by atoms with Gasteiger partial charge in [0, 0.05) is 25.5 Å². The van der Waals surface area contributed by atoms with Gasteiger partial charge in [-0.2, -0.15) is 5.10 Å². The van der Waals surface area contributed by atoms with E-state index < -0.39 is 0 Å². The van der Waals surface area contributed by atoms with Gasteiger partial charge in [0.15, 0.2) is 0 Å². The molecule has 0 aliphatic carbocycles. The summed E-state index contributed by atoms with van der Waals surface area (Å²) in [5, 5.41) is 4.34. The third-order valence-electron chi connectivity index (χ3n) is 5.62. The van der Waals surface area contributed by atoms with Gasteiger partial charge in [-0.25, -0.2) is 0 Å². The number of hydrogen-bond donors (Lipinski definition) is 0. The van der Waals surface area contributed by atoms with Crippen LogP contribution in [0.2, 0.25) is 0 Å². The van der Waals surface area contributed by atoms with Crippen LogP contribution in [0.5, 0.6) is 0 Å². The fraction of sp³-hybridized carbons (Fsp3) is 0.375. The van der Waals surface area contributed by atoms with E-state index in [0.717, 1.165) is 42.9 Å². The number of carbonyl (C=O) groups excluding carboxylic acids is 1. The highest BCUT2D eigenvalue weighted by Gasteiger charge is 2.33. The summed E-state index contributed by atoms with van der Waals surface area (Å²) in [6, 6.07) is 13.0. The Morgan fingerprint density at radius 1 is 1.14 bits per heavy atom. The molecule has 4 rings (SSSR count). The molecule has 1 saturated heterocycles. The van der Waals surface area contributed by atoms with E-state index >= 15 is 0 Å². The molecule has 0 saturated carbocycles. The monoisotopic (exact) mass is 388 g/mol. The number of aromatic nitrogens is 3. The van der Waals surface area contributed by atoms with E-state index in [1.807, 2.05) is 32.0 Å². The minimum atomic E-state index is 0.0262. The summed E-state index contributed by atoms with van der Waals surface area (Å²) in [6.07, 6.45) is 4.64. The van der Waals surface area contributed by atoms with Gasteiger partial charge in [0.1, 0.15) is 0 Å². The molecular formula is C24H28N4O. The lowest BCUT2D eigenvalue weighted by molar-refractivity contribution is 0.0732. The number of aryl methyl sites for hydroxylation is 4. The second-order valence-corrected chi connectivity index (χ2v) is 8.17. The molecule has 3 aromatic rings. The van der Waals surface area contributed by atoms with Crippen molar-refractivity contribution in [2.75, 3.05) is 6.54 Å². The van der Waals surface area contributed by atoms with Crippen LogP contribution in [0.25, 0.3) is 0 Å². The Kier molecular flexibility index (Phi) is 5.22. The minimum absolute atomic E-state index is 0.0262. The van der Waals surface area contributed by atoms with E-state index in [4.69, 9.17) is 4.98 Å². The zero-order valence-corrected chi connectivity index (χ0v) is 17.6. The molecule has 0 spiro atoms. The number of rotatable bonds is 4. The van der Waals surface area contributed by atoms with Gasteiger partial charge in [-0.05, 0) is 63.3 Å². The summed E-state index contributed by atoms with van der Waals surface area (Å²) >= 11 is 0. The number of carbonyl (C=O) groups is 1. The molecule has 150 valence electrons. The molecule has 1 fully saturated rings. The molecule has 29 heavy (non-hydrogen) atoms. The quantitative estimate of drug-likeness (QED) is 0.669. The van der Waals surface area contributed by atoms with Crippen LogP contribution in [0.1, 0.15) is 63.0 Å². The molecule has 1 aliphatic heterocycles. The first-order valence-corrected chi connectivity index (χ1v) is 10.2. The fourth-order valence-corrected chi connectivity index (χ4v) is 4.38. The Morgan fingerprint density at radius 2 is 1.97 bits per heavy atom. The van der Waals surface area contributed by atoms with Gasteiger partial charge in [-0.15, -0.1) is 0 Å². The first-order valence-electron chi connectivity index (χ1n) is 10.2. The van der Waals surface area contributed by atoms with Crippen molar-refractivity contribution in [2.45, 2.75) is 46.1 Å². The van der Waals surface area contributed by atoms with Crippen LogP contribution >= 0.6 is 0 Å². The molecule has 2 aromatic heterocycles. The molecule has 1 amide bonds. The normalized spacial score (nSPS) is 16.4. The topological polar surface area (TPSA) is 51.0 Å². The number of amides is 1. The molecule has 0 bridgehead atoms. The summed E-state index contributed by atoms with van der Waals surface area (Å²) in [5.41, 5.74) is 7.28. The summed E-state index contributed by atoms with van der Waals surface area (Å²) in [5.74, 6) is 0.0571. The average Bonchev–Trinajstić information content (AvgIpc) is 3.27. The van der Waals surface area contributed by atoms with Crippen molar-refractivity contribution in [3.63, 3.8) is 0 Å². The van der Waals surface area contributed by atoms with Crippen LogP contribution in [0.4, 0.5) is 0 Å². The summed E-state index contributed by atoms with van der Waals surface area (Å²) in [4.78, 5) is 20.0. The molecule has 0 N–H and O–H groups in total. The van der Waals surface area contributed by atoms with Crippen molar-refractivity contribution in [1.29, 1.82) is 0 Å². The Morgan fingerprint density at radius 3 is 2.69 bits per heavy atom. The molecule has 5 heteroatoms. The molecular weight excluding hydrogens is 360 g/mol. The first-order chi connectivity index (χ1) is 13.9. The predicted octanol–water partition coefficient (Wildman–Crippen LogP) is 4.31. The average molecular weight is 389 g/mol. The van der Waals surface area contributed by atoms with Crippen molar-refractivity contribution < 1.29 is 4.79 Å². The van der Waals surface area contributed by atoms with E-state index in [-0.39, 0.29) is 11.9 Å². The van der Waals surface area contributed by atoms with E-state index in [1.54, 1.807) is 4.68 Å². The van der Waals surface area contributed by atoms with Crippen molar-refractivity contribution in [1.82, 2.24) is 19.7 Å². The SMILES string of the molecule is Cc1cccc(Cc2cc(C)nc([C@@H]3CCCN3C(=O)c3cn(C)nc3C)c2)c1. The van der Waals surface area contributed by atoms with Crippen molar-refractivity contribution in [3.8, 4) is 0 Å². The number of hydrogen-bond acceptors (Lipinski definition) is 3. The number of pyridine rings is 1. The fourth-order valence-electron chi connectivity index (χ4n) is 4.38. The smallest absolute Gasteiger partial charge is 0.257 e. The van der Waals surface area contributed by atoms with Crippen LogP contribution in [-0.2, 0) is 13.5 Å². The highest BCUT2D eigenvalue weighted by atomic mass is 16.2. The largest absolute Gasteiger partial charge is 0.330 e. The van der Waals surface area contributed by atoms with Gasteiger partial charge in [-0.3, -0.25) is 14.5 Å². The number of likely N-dealkylation sites (tertiary alicyclic amines) is 1. The van der Waals surface area contributed by atoms with Gasteiger partial charge in [0.05, 0.1) is 23.0 Å². The Hall–Kier alpha value is -2.95. The maximum absolute atomic E-state index is 13.2. The number of benzene rings is 1. The first kappa shape index (κ1) is 19.4. The summed E-state index contributed by atoms with van der Waals surface area (Å²) in [6.45, 7) is 6.81. The van der Waals surface area contributed by atoms with Crippen LogP contribution < -0.4 is 0 Å². The zero-order chi connectivity index (χ0) is 20.5. The summed E-state index contributed by atoms with van der Waals surface area (Å²) < 4.78 is 1.71. The van der Waals surface area contributed by atoms with Gasteiger partial charge in [-0.1, -0.05) is 29.8 Å². The van der Waals surface area contributed by atoms with Crippen molar-refractivity contribution in [2.24, 2.45) is 7.05 Å². The van der Waals surface area contributed by atoms with E-state index in [1.165, 1.54) is 16.7 Å². The molecule has 1 atom stereocenters. The molecule has 5 nitrogen and oxygen atoms in total. The number of nitrogens with zero attached hydrogens (tertiary/aromatic N) is 4. The summed E-state index contributed by atoms with van der Waals surface area (Å²) in [7, 11) is 1.85. The van der Waals surface area contributed by atoms with E-state index in [0.29, 0.717) is 5.56 Å². The zero-order valence-electron chi connectivity index (χ0n) is 17.6. The van der Waals surface area contributed by atoms with E-state index in [2.05, 4.69) is 48.4 Å². The minimum Gasteiger partial charge on any atom is -0.330 e. The third kappa shape index (κ3) is 4.09. The third-order valence-corrected chi connectivity index (χ3v) is 5.62. The lowest BCUT2D eigenvalue weighted by Crippen LogP contribution is -2.31. The van der Waals surface area contributed by atoms with Gasteiger partial charge < -0.3 is 4.90 Å². The second-order valence-electron chi connectivity index (χ2n) is 8.17. The van der Waals surface area contributed by atoms with Crippen molar-refractivity contribution in [3.05, 3.63) is 81.9 Å². The Balaban J connectivity index is 1.62. The highest BCUT2D eigenvalue weighted by Crippen LogP contribution is 2.33. The predicted molar refractivity (Wildman–Crippen MR) is 114 cm³/mol. The second kappa shape index (κ2) is 7.82. The molecule has 0 unspecified atom stereocenters. The molecule has 1 aliphatic rings. The van der Waals surface area contributed by atoms with E-state index in [9.17, 15) is 4.79 Å². The van der Waals surface area contributed by atoms with Crippen LogP contribution in [0.3, 0.4) is 0 Å². The van der Waals surface area contributed by atoms with Gasteiger partial charge in [0.25, 0.3) is 5.91 Å².